The molecule has 0 aromatic carbocycles. The smallest absolute Gasteiger partial charge is 0.288 e. The summed E-state index contributed by atoms with van der Waals surface area (Å²) in [7, 11) is 0. The summed E-state index contributed by atoms with van der Waals surface area (Å²) in [5.41, 5.74) is 0.411. The van der Waals surface area contributed by atoms with Gasteiger partial charge in [0, 0.05) is 23.9 Å². The largest absolute Gasteiger partial charge is 0.342 e. The number of halogens is 1. The van der Waals surface area contributed by atoms with Crippen LogP contribution in [0.15, 0.2) is 24.5 Å². The van der Waals surface area contributed by atoms with Gasteiger partial charge in [0.2, 0.25) is 5.78 Å². The van der Waals surface area contributed by atoms with Gasteiger partial charge < -0.3 is 5.32 Å². The SMILES string of the molecule is CCC(C)C(=O)C(=O)NCC(=O)c1cccnc1.Cl. The number of Topliss-reactive ketones (excluding diaryl/α,β-unsaturated/α-hetero) is 2. The summed E-state index contributed by atoms with van der Waals surface area (Å²) in [6, 6.07) is 3.25. The second kappa shape index (κ2) is 8.37. The van der Waals surface area contributed by atoms with Gasteiger partial charge in [0.25, 0.3) is 5.91 Å². The monoisotopic (exact) mass is 284 g/mol. The molecule has 0 aliphatic carbocycles. The third kappa shape index (κ3) is 5.18. The van der Waals surface area contributed by atoms with Crippen LogP contribution < -0.4 is 5.32 Å². The molecule has 0 bridgehead atoms. The molecule has 0 fully saturated rings. The summed E-state index contributed by atoms with van der Waals surface area (Å²) >= 11 is 0. The summed E-state index contributed by atoms with van der Waals surface area (Å²) in [4.78, 5) is 38.4. The summed E-state index contributed by atoms with van der Waals surface area (Å²) in [5.74, 6) is -1.79. The zero-order valence-corrected chi connectivity index (χ0v) is 11.7. The molecule has 1 N–H and O–H groups in total. The highest BCUT2D eigenvalue weighted by molar-refractivity contribution is 6.37. The number of amides is 1. The van der Waals surface area contributed by atoms with Gasteiger partial charge in [-0.15, -0.1) is 12.4 Å². The third-order valence-corrected chi connectivity index (χ3v) is 2.68. The van der Waals surface area contributed by atoms with Crippen LogP contribution >= 0.6 is 12.4 Å². The molecule has 0 radical (unpaired) electrons. The Morgan fingerprint density at radius 1 is 1.37 bits per heavy atom. The highest BCUT2D eigenvalue weighted by atomic mass is 35.5. The van der Waals surface area contributed by atoms with Crippen LogP contribution in [0.4, 0.5) is 0 Å². The summed E-state index contributed by atoms with van der Waals surface area (Å²) < 4.78 is 0. The Morgan fingerprint density at radius 2 is 2.05 bits per heavy atom. The fourth-order valence-corrected chi connectivity index (χ4v) is 1.29. The van der Waals surface area contributed by atoms with Crippen molar-refractivity contribution in [3.8, 4) is 0 Å². The average Bonchev–Trinajstić information content (AvgIpc) is 2.43. The summed E-state index contributed by atoms with van der Waals surface area (Å²) in [5, 5.41) is 2.33. The van der Waals surface area contributed by atoms with Crippen LogP contribution in [0.25, 0.3) is 0 Å². The molecular formula is C13H17ClN2O3. The number of pyridine rings is 1. The van der Waals surface area contributed by atoms with E-state index in [0.717, 1.165) is 0 Å². The first-order valence-electron chi connectivity index (χ1n) is 5.81. The average molecular weight is 285 g/mol. The van der Waals surface area contributed by atoms with E-state index in [2.05, 4.69) is 10.3 Å². The van der Waals surface area contributed by atoms with Crippen LogP contribution in [-0.2, 0) is 9.59 Å². The van der Waals surface area contributed by atoms with Gasteiger partial charge in [0.15, 0.2) is 5.78 Å². The summed E-state index contributed by atoms with van der Waals surface area (Å²) in [6.07, 6.45) is 3.58. The predicted molar refractivity (Wildman–Crippen MR) is 73.3 cm³/mol. The van der Waals surface area contributed by atoms with E-state index in [0.29, 0.717) is 12.0 Å². The topological polar surface area (TPSA) is 76.1 Å². The zero-order chi connectivity index (χ0) is 13.5. The molecule has 0 saturated carbocycles. The Morgan fingerprint density at radius 3 is 2.58 bits per heavy atom. The third-order valence-electron chi connectivity index (χ3n) is 2.68. The Hall–Kier alpha value is -1.75. The second-order valence-corrected chi connectivity index (χ2v) is 4.02. The van der Waals surface area contributed by atoms with Crippen LogP contribution in [-0.4, -0.2) is 29.0 Å². The highest BCUT2D eigenvalue weighted by Crippen LogP contribution is 2.02. The number of rotatable bonds is 6. The quantitative estimate of drug-likeness (QED) is 0.633. The van der Waals surface area contributed by atoms with Crippen molar-refractivity contribution >= 4 is 29.9 Å². The fraction of sp³-hybridized carbons (Fsp3) is 0.385. The van der Waals surface area contributed by atoms with Crippen LogP contribution in [0.1, 0.15) is 30.6 Å². The standard InChI is InChI=1S/C13H16N2O3.ClH/c1-3-9(2)12(17)13(18)15-8-11(16)10-5-4-6-14-7-10;/h4-7,9H,3,8H2,1-2H3,(H,15,18);1H. The normalized spacial score (nSPS) is 11.1. The lowest BCUT2D eigenvalue weighted by molar-refractivity contribution is -0.139. The van der Waals surface area contributed by atoms with Crippen LogP contribution in [0.5, 0.6) is 0 Å². The van der Waals surface area contributed by atoms with Gasteiger partial charge in [-0.2, -0.15) is 0 Å². The molecule has 1 amide bonds. The Kier molecular flexibility index (Phi) is 7.60. The first-order valence-corrected chi connectivity index (χ1v) is 5.81. The molecule has 19 heavy (non-hydrogen) atoms. The van der Waals surface area contributed by atoms with Gasteiger partial charge in [0.05, 0.1) is 6.54 Å². The van der Waals surface area contributed by atoms with Crippen molar-refractivity contribution < 1.29 is 14.4 Å². The van der Waals surface area contributed by atoms with E-state index < -0.39 is 11.7 Å². The lowest BCUT2D eigenvalue weighted by atomic mass is 10.0. The van der Waals surface area contributed by atoms with Crippen LogP contribution in [0.2, 0.25) is 0 Å². The van der Waals surface area contributed by atoms with Crippen molar-refractivity contribution in [1.29, 1.82) is 0 Å². The summed E-state index contributed by atoms with van der Waals surface area (Å²) in [6.45, 7) is 3.33. The van der Waals surface area contributed by atoms with Crippen molar-refractivity contribution in [2.24, 2.45) is 5.92 Å². The molecule has 1 aromatic heterocycles. The van der Waals surface area contributed by atoms with E-state index in [1.165, 1.54) is 6.20 Å². The Labute approximate surface area is 118 Å². The minimum atomic E-state index is -0.707. The maximum atomic E-state index is 11.6. The number of ketones is 2. The molecule has 0 spiro atoms. The first-order chi connectivity index (χ1) is 8.56. The minimum absolute atomic E-state index is 0. The second-order valence-electron chi connectivity index (χ2n) is 4.02. The fourth-order valence-electron chi connectivity index (χ4n) is 1.29. The number of aromatic nitrogens is 1. The van der Waals surface area contributed by atoms with Crippen molar-refractivity contribution in [2.45, 2.75) is 20.3 Å². The molecule has 0 aliphatic rings. The number of nitrogens with one attached hydrogen (secondary N) is 1. The molecule has 0 saturated heterocycles. The molecule has 5 nitrogen and oxygen atoms in total. The molecule has 6 heteroatoms. The first kappa shape index (κ1) is 17.2. The molecule has 1 heterocycles. The highest BCUT2D eigenvalue weighted by Gasteiger charge is 2.20. The number of carbonyl (C=O) groups excluding carboxylic acids is 3. The Balaban J connectivity index is 0.00000324. The lowest BCUT2D eigenvalue weighted by Crippen LogP contribution is -2.37. The number of nitrogens with zero attached hydrogens (tertiary/aromatic N) is 1. The van der Waals surface area contributed by atoms with Crippen LogP contribution in [0, 0.1) is 5.92 Å². The molecule has 0 aliphatic heterocycles. The van der Waals surface area contributed by atoms with Gasteiger partial charge in [-0.1, -0.05) is 13.8 Å². The van der Waals surface area contributed by atoms with Gasteiger partial charge in [0.1, 0.15) is 0 Å². The maximum Gasteiger partial charge on any atom is 0.288 e. The van der Waals surface area contributed by atoms with E-state index in [4.69, 9.17) is 0 Å². The lowest BCUT2D eigenvalue weighted by Gasteiger charge is -2.07. The van der Waals surface area contributed by atoms with E-state index in [1.807, 2.05) is 6.92 Å². The van der Waals surface area contributed by atoms with Crippen LogP contribution in [0.3, 0.4) is 0 Å². The van der Waals surface area contributed by atoms with E-state index in [1.54, 1.807) is 25.3 Å². The van der Waals surface area contributed by atoms with Crippen molar-refractivity contribution in [3.63, 3.8) is 0 Å². The van der Waals surface area contributed by atoms with Crippen molar-refractivity contribution in [3.05, 3.63) is 30.1 Å². The van der Waals surface area contributed by atoms with Gasteiger partial charge in [-0.05, 0) is 18.6 Å². The van der Waals surface area contributed by atoms with Crippen molar-refractivity contribution in [2.75, 3.05) is 6.54 Å². The molecule has 1 atom stereocenters. The van der Waals surface area contributed by atoms with Gasteiger partial charge in [-0.3, -0.25) is 19.4 Å². The minimum Gasteiger partial charge on any atom is -0.342 e. The molecule has 1 aromatic rings. The Bertz CT molecular complexity index is 448. The zero-order valence-electron chi connectivity index (χ0n) is 10.9. The van der Waals surface area contributed by atoms with E-state index in [9.17, 15) is 14.4 Å². The molecule has 1 rings (SSSR count). The number of hydrogen-bond acceptors (Lipinski definition) is 4. The van der Waals surface area contributed by atoms with Crippen molar-refractivity contribution in [1.82, 2.24) is 10.3 Å². The number of hydrogen-bond donors (Lipinski definition) is 1. The number of carbonyl (C=O) groups is 3. The van der Waals surface area contributed by atoms with Gasteiger partial charge in [-0.25, -0.2) is 0 Å². The molecular weight excluding hydrogens is 268 g/mol. The van der Waals surface area contributed by atoms with Gasteiger partial charge >= 0.3 is 0 Å². The predicted octanol–water partition coefficient (Wildman–Crippen LogP) is 1.42. The molecule has 1 unspecified atom stereocenters. The van der Waals surface area contributed by atoms with E-state index >= 15 is 0 Å². The molecule has 104 valence electrons. The van der Waals surface area contributed by atoms with E-state index in [-0.39, 0.29) is 30.7 Å². The maximum absolute atomic E-state index is 11.6.